The molecule has 0 aliphatic heterocycles. The van der Waals surface area contributed by atoms with E-state index in [4.69, 9.17) is 4.74 Å². The van der Waals surface area contributed by atoms with E-state index in [0.717, 1.165) is 0 Å². The monoisotopic (exact) mass is 384 g/mol. The number of nitro benzene ring substituents is 1. The van der Waals surface area contributed by atoms with Crippen LogP contribution in [0.25, 0.3) is 0 Å². The van der Waals surface area contributed by atoms with E-state index in [1.54, 1.807) is 25.1 Å². The Morgan fingerprint density at radius 3 is 2.50 bits per heavy atom. The van der Waals surface area contributed by atoms with Gasteiger partial charge in [0.05, 0.1) is 11.5 Å². The second-order valence-electron chi connectivity index (χ2n) is 6.14. The van der Waals surface area contributed by atoms with Crippen molar-refractivity contribution >= 4 is 23.2 Å². The maximum Gasteiger partial charge on any atom is 0.317 e. The van der Waals surface area contributed by atoms with Crippen molar-refractivity contribution in [3.63, 3.8) is 0 Å². The molecule has 2 aromatic rings. The number of carbonyl (C=O) groups is 3. The number of nitro groups is 1. The Bertz CT molecular complexity index is 881. The molecule has 8 nitrogen and oxygen atoms in total. The summed E-state index contributed by atoms with van der Waals surface area (Å²) >= 11 is 0. The Morgan fingerprint density at radius 1 is 1.18 bits per heavy atom. The minimum absolute atomic E-state index is 0.0679. The van der Waals surface area contributed by atoms with Crippen LogP contribution < -0.4 is 0 Å². The first-order valence-corrected chi connectivity index (χ1v) is 8.70. The van der Waals surface area contributed by atoms with Crippen LogP contribution in [0, 0.1) is 16.0 Å². The summed E-state index contributed by atoms with van der Waals surface area (Å²) in [6.07, 6.45) is 1.24. The summed E-state index contributed by atoms with van der Waals surface area (Å²) in [5.41, 5.74) is 0.328. The van der Waals surface area contributed by atoms with Crippen molar-refractivity contribution in [1.29, 1.82) is 0 Å². The van der Waals surface area contributed by atoms with Crippen LogP contribution in [0.5, 0.6) is 0 Å². The van der Waals surface area contributed by atoms with Gasteiger partial charge in [-0.3, -0.25) is 29.5 Å². The first kappa shape index (κ1) is 20.9. The van der Waals surface area contributed by atoms with Gasteiger partial charge in [0.25, 0.3) is 5.69 Å². The van der Waals surface area contributed by atoms with E-state index in [2.05, 4.69) is 4.98 Å². The van der Waals surface area contributed by atoms with Crippen molar-refractivity contribution in [3.05, 3.63) is 70.0 Å². The van der Waals surface area contributed by atoms with Crippen LogP contribution in [0.15, 0.2) is 48.7 Å². The summed E-state index contributed by atoms with van der Waals surface area (Å²) in [5, 5.41) is 11.1. The summed E-state index contributed by atoms with van der Waals surface area (Å²) in [6.45, 7) is 2.91. The zero-order chi connectivity index (χ0) is 20.7. The third-order valence-corrected chi connectivity index (χ3v) is 4.25. The van der Waals surface area contributed by atoms with Crippen molar-refractivity contribution in [1.82, 2.24) is 4.98 Å². The zero-order valence-electron chi connectivity index (χ0n) is 15.5. The van der Waals surface area contributed by atoms with Gasteiger partial charge in [0, 0.05) is 30.7 Å². The molecule has 0 fully saturated rings. The number of Topliss-reactive ketones (excluding diaryl/α,β-unsaturated/α-hetero) is 2. The van der Waals surface area contributed by atoms with Crippen LogP contribution in [-0.2, 0) is 14.3 Å². The molecular formula is C20H20N2O6. The molecule has 1 aromatic carbocycles. The molecule has 0 bridgehead atoms. The van der Waals surface area contributed by atoms with Crippen molar-refractivity contribution < 1.29 is 24.0 Å². The number of hydrogen-bond acceptors (Lipinski definition) is 7. The Hall–Kier alpha value is -3.42. The molecule has 0 N–H and O–H groups in total. The van der Waals surface area contributed by atoms with Gasteiger partial charge in [0.15, 0.2) is 5.78 Å². The molecule has 1 aromatic heterocycles. The van der Waals surface area contributed by atoms with Crippen molar-refractivity contribution in [2.75, 3.05) is 6.61 Å². The van der Waals surface area contributed by atoms with Gasteiger partial charge in [-0.2, -0.15) is 0 Å². The topological polar surface area (TPSA) is 116 Å². The molecule has 0 radical (unpaired) electrons. The quantitative estimate of drug-likeness (QED) is 0.214. The van der Waals surface area contributed by atoms with Crippen LogP contribution in [0.4, 0.5) is 5.69 Å². The molecule has 2 rings (SSSR count). The van der Waals surface area contributed by atoms with E-state index in [1.807, 2.05) is 0 Å². The third kappa shape index (κ3) is 5.06. The summed E-state index contributed by atoms with van der Waals surface area (Å²) < 4.78 is 5.01. The Labute approximate surface area is 161 Å². The highest BCUT2D eigenvalue weighted by molar-refractivity contribution is 6.01. The number of nitrogens with zero attached hydrogens (tertiary/aromatic N) is 2. The van der Waals surface area contributed by atoms with Crippen molar-refractivity contribution in [2.24, 2.45) is 5.92 Å². The maximum atomic E-state index is 12.7. The van der Waals surface area contributed by atoms with Gasteiger partial charge in [0.2, 0.25) is 0 Å². The van der Waals surface area contributed by atoms with Gasteiger partial charge in [-0.1, -0.05) is 18.2 Å². The lowest BCUT2D eigenvalue weighted by atomic mass is 9.79. The number of carbonyl (C=O) groups excluding carboxylic acids is 3. The first-order chi connectivity index (χ1) is 13.3. The summed E-state index contributed by atoms with van der Waals surface area (Å²) in [6, 6.07) is 10.4. The first-order valence-electron chi connectivity index (χ1n) is 8.70. The molecule has 0 spiro atoms. The molecule has 0 amide bonds. The molecular weight excluding hydrogens is 364 g/mol. The smallest absolute Gasteiger partial charge is 0.317 e. The molecule has 8 heteroatoms. The van der Waals surface area contributed by atoms with Gasteiger partial charge < -0.3 is 4.74 Å². The highest BCUT2D eigenvalue weighted by Crippen LogP contribution is 2.33. The van der Waals surface area contributed by atoms with Crippen molar-refractivity contribution in [3.8, 4) is 0 Å². The SMILES string of the molecule is CCOC(=O)[C@@H](C(C)=O)[C@@H](CC(=O)c1ccccn1)c1cccc([N+](=O)[O-])c1. The standard InChI is InChI=1S/C20H20N2O6/c1-3-28-20(25)19(13(2)23)16(12-18(24)17-9-4-5-10-21-17)14-7-6-8-15(11-14)22(26)27/h4-11,16,19H,3,12H2,1-2H3/t16-,19-/m0/s1. The van der Waals surface area contributed by atoms with Gasteiger partial charge in [-0.25, -0.2) is 0 Å². The lowest BCUT2D eigenvalue weighted by Gasteiger charge is -2.23. The fourth-order valence-electron chi connectivity index (χ4n) is 2.97. The Balaban J connectivity index is 2.49. The number of aromatic nitrogens is 1. The molecule has 1 heterocycles. The average molecular weight is 384 g/mol. The summed E-state index contributed by atoms with van der Waals surface area (Å²) in [7, 11) is 0. The normalized spacial score (nSPS) is 12.6. The second-order valence-corrected chi connectivity index (χ2v) is 6.14. The minimum Gasteiger partial charge on any atom is -0.465 e. The van der Waals surface area contributed by atoms with E-state index in [-0.39, 0.29) is 30.2 Å². The van der Waals surface area contributed by atoms with E-state index in [1.165, 1.54) is 37.4 Å². The molecule has 2 atom stereocenters. The number of ether oxygens (including phenoxy) is 1. The fraction of sp³-hybridized carbons (Fsp3) is 0.300. The fourth-order valence-corrected chi connectivity index (χ4v) is 2.97. The highest BCUT2D eigenvalue weighted by Gasteiger charge is 2.37. The predicted molar refractivity (Wildman–Crippen MR) is 99.8 cm³/mol. The molecule has 0 aliphatic rings. The molecule has 0 saturated heterocycles. The van der Waals surface area contributed by atoms with Gasteiger partial charge in [0.1, 0.15) is 17.4 Å². The zero-order valence-corrected chi connectivity index (χ0v) is 15.5. The highest BCUT2D eigenvalue weighted by atomic mass is 16.6. The van der Waals surface area contributed by atoms with Crippen LogP contribution in [0.2, 0.25) is 0 Å². The van der Waals surface area contributed by atoms with E-state index < -0.39 is 28.5 Å². The number of ketones is 2. The van der Waals surface area contributed by atoms with Gasteiger partial charge in [-0.05, 0) is 31.5 Å². The minimum atomic E-state index is -1.25. The van der Waals surface area contributed by atoms with Crippen molar-refractivity contribution in [2.45, 2.75) is 26.2 Å². The lowest BCUT2D eigenvalue weighted by molar-refractivity contribution is -0.384. The van der Waals surface area contributed by atoms with E-state index >= 15 is 0 Å². The number of non-ortho nitro benzene ring substituents is 1. The van der Waals surface area contributed by atoms with E-state index in [9.17, 15) is 24.5 Å². The van der Waals surface area contributed by atoms with Crippen LogP contribution in [-0.4, -0.2) is 34.0 Å². The summed E-state index contributed by atoms with van der Waals surface area (Å²) in [5.74, 6) is -3.79. The van der Waals surface area contributed by atoms with E-state index in [0.29, 0.717) is 5.56 Å². The predicted octanol–water partition coefficient (Wildman–Crippen LogP) is 3.11. The second kappa shape index (κ2) is 9.50. The van der Waals surface area contributed by atoms with Gasteiger partial charge >= 0.3 is 5.97 Å². The number of benzene rings is 1. The molecule has 0 unspecified atom stereocenters. The summed E-state index contributed by atoms with van der Waals surface area (Å²) in [4.78, 5) is 51.9. The molecule has 146 valence electrons. The maximum absolute atomic E-state index is 12.7. The number of rotatable bonds is 9. The third-order valence-electron chi connectivity index (χ3n) is 4.25. The molecule has 28 heavy (non-hydrogen) atoms. The lowest BCUT2D eigenvalue weighted by Crippen LogP contribution is -2.32. The average Bonchev–Trinajstić information content (AvgIpc) is 2.68. The number of esters is 1. The molecule has 0 aliphatic carbocycles. The van der Waals surface area contributed by atoms with Crippen LogP contribution >= 0.6 is 0 Å². The van der Waals surface area contributed by atoms with Crippen LogP contribution in [0.1, 0.15) is 42.2 Å². The Kier molecular flexibility index (Phi) is 7.08. The number of hydrogen-bond donors (Lipinski definition) is 0. The van der Waals surface area contributed by atoms with Crippen LogP contribution in [0.3, 0.4) is 0 Å². The largest absolute Gasteiger partial charge is 0.465 e. The molecule has 0 saturated carbocycles. The number of pyridine rings is 1. The Morgan fingerprint density at radius 2 is 1.93 bits per heavy atom. The van der Waals surface area contributed by atoms with Gasteiger partial charge in [-0.15, -0.1) is 0 Å².